The summed E-state index contributed by atoms with van der Waals surface area (Å²) in [4.78, 5) is 21.1. The monoisotopic (exact) mass is 752 g/mol. The summed E-state index contributed by atoms with van der Waals surface area (Å²) in [5.74, 6) is 0.388. The van der Waals surface area contributed by atoms with Crippen LogP contribution in [-0.4, -0.2) is 72.7 Å². The molecule has 6 rings (SSSR count). The fraction of sp³-hybridized carbons (Fsp3) is 0.467. The van der Waals surface area contributed by atoms with Crippen molar-refractivity contribution in [1.82, 2.24) is 4.90 Å². The van der Waals surface area contributed by atoms with Crippen molar-refractivity contribution in [2.45, 2.75) is 83.1 Å². The second kappa shape index (κ2) is 18.3. The molecule has 3 aromatic carbocycles. The Balaban J connectivity index is 1.51. The number of amides is 1. The molecule has 3 aliphatic rings. The van der Waals surface area contributed by atoms with E-state index in [1.807, 2.05) is 54.6 Å². The number of unbranched alkanes of at least 4 members (excludes halogenated alkanes) is 2. The van der Waals surface area contributed by atoms with Crippen LogP contribution >= 0.6 is 0 Å². The molecule has 1 amide bonds. The van der Waals surface area contributed by atoms with Gasteiger partial charge in [-0.05, 0) is 104 Å². The van der Waals surface area contributed by atoms with Crippen molar-refractivity contribution in [3.8, 4) is 17.2 Å². The van der Waals surface area contributed by atoms with Gasteiger partial charge in [0.2, 0.25) is 5.79 Å². The first kappa shape index (κ1) is 40.0. The van der Waals surface area contributed by atoms with Gasteiger partial charge in [0.25, 0.3) is 0 Å². The first-order chi connectivity index (χ1) is 26.7. The zero-order chi connectivity index (χ0) is 39.0. The Morgan fingerprint density at radius 3 is 2.42 bits per heavy atom. The Morgan fingerprint density at radius 1 is 0.982 bits per heavy atom. The summed E-state index contributed by atoms with van der Waals surface area (Å²) in [6, 6.07) is 21.0. The summed E-state index contributed by atoms with van der Waals surface area (Å²) in [5.41, 5.74) is 5.89. The van der Waals surface area contributed by atoms with E-state index in [2.05, 4.69) is 43.8 Å². The molecule has 55 heavy (non-hydrogen) atoms. The molecule has 1 aliphatic heterocycles. The SMILES string of the molecule is C=CCOC12Oc3ccc(Oc4ccc(C)c(C)c4)cc3C3C(CCCCO)C(CCCCO)C=C(C(=NOC)CC1N(C)C(=O)OCc1ccccc1)C32. The van der Waals surface area contributed by atoms with Crippen molar-refractivity contribution in [3.05, 3.63) is 113 Å². The van der Waals surface area contributed by atoms with E-state index in [0.717, 1.165) is 59.4 Å². The number of aryl methyl sites for hydroxylation is 2. The zero-order valence-electron chi connectivity index (χ0n) is 32.6. The van der Waals surface area contributed by atoms with Gasteiger partial charge in [0.05, 0.1) is 18.2 Å². The van der Waals surface area contributed by atoms with Gasteiger partial charge in [0, 0.05) is 38.2 Å². The normalized spacial score (nSPS) is 24.5. The van der Waals surface area contributed by atoms with E-state index >= 15 is 0 Å². The number of ether oxygens (including phenoxy) is 4. The van der Waals surface area contributed by atoms with Crippen molar-refractivity contribution in [2.75, 3.05) is 34.0 Å². The highest BCUT2D eigenvalue weighted by Gasteiger charge is 2.65. The molecule has 1 heterocycles. The molecule has 1 fully saturated rings. The first-order valence-electron chi connectivity index (χ1n) is 19.5. The number of hydrogen-bond donors (Lipinski definition) is 2. The summed E-state index contributed by atoms with van der Waals surface area (Å²) in [7, 11) is 3.26. The number of nitrogens with zero attached hydrogens (tertiary/aromatic N) is 2. The Labute approximate surface area is 325 Å². The number of carbonyl (C=O) groups excluding carboxylic acids is 1. The van der Waals surface area contributed by atoms with Crippen molar-refractivity contribution in [3.63, 3.8) is 0 Å². The maximum absolute atomic E-state index is 14.0. The fourth-order valence-corrected chi connectivity index (χ4v) is 8.76. The van der Waals surface area contributed by atoms with Gasteiger partial charge in [-0.15, -0.1) is 6.58 Å². The van der Waals surface area contributed by atoms with Gasteiger partial charge in [-0.3, -0.25) is 0 Å². The largest absolute Gasteiger partial charge is 0.459 e. The number of rotatable bonds is 17. The van der Waals surface area contributed by atoms with Gasteiger partial charge in [0.15, 0.2) is 0 Å². The highest BCUT2D eigenvalue weighted by molar-refractivity contribution is 6.02. The highest BCUT2D eigenvalue weighted by atomic mass is 16.7. The molecule has 2 aliphatic carbocycles. The van der Waals surface area contributed by atoms with Crippen LogP contribution < -0.4 is 9.47 Å². The molecular formula is C45H56N2O8. The average Bonchev–Trinajstić information content (AvgIpc) is 3.19. The molecule has 1 saturated carbocycles. The molecule has 10 heteroatoms. The molecule has 0 saturated heterocycles. The lowest BCUT2D eigenvalue weighted by atomic mass is 9.55. The third-order valence-electron chi connectivity index (χ3n) is 11.5. The lowest BCUT2D eigenvalue weighted by Crippen LogP contribution is -2.69. The summed E-state index contributed by atoms with van der Waals surface area (Å²) in [6.45, 7) is 8.67. The first-order valence-corrected chi connectivity index (χ1v) is 19.5. The number of aliphatic hydroxyl groups excluding tert-OH is 2. The quantitative estimate of drug-likeness (QED) is 0.0800. The van der Waals surface area contributed by atoms with Crippen molar-refractivity contribution >= 4 is 11.8 Å². The topological polar surface area (TPSA) is 119 Å². The van der Waals surface area contributed by atoms with Crippen molar-refractivity contribution in [2.24, 2.45) is 22.9 Å². The van der Waals surface area contributed by atoms with Crippen LogP contribution in [-0.2, 0) is 20.9 Å². The predicted octanol–water partition coefficient (Wildman–Crippen LogP) is 8.63. The molecule has 0 bridgehead atoms. The minimum absolute atomic E-state index is 0.100. The predicted molar refractivity (Wildman–Crippen MR) is 212 cm³/mol. The van der Waals surface area contributed by atoms with Crippen LogP contribution in [0.5, 0.6) is 17.2 Å². The smallest absolute Gasteiger partial charge is 0.410 e. The number of fused-ring (bicyclic) bond motifs is 2. The molecule has 3 aromatic rings. The Hall–Kier alpha value is -4.64. The number of oxime groups is 1. The minimum Gasteiger partial charge on any atom is -0.459 e. The molecular weight excluding hydrogens is 697 g/mol. The number of allylic oxidation sites excluding steroid dienone is 1. The molecule has 0 spiro atoms. The molecule has 0 radical (unpaired) electrons. The second-order valence-corrected chi connectivity index (χ2v) is 15.0. The van der Waals surface area contributed by atoms with Crippen LogP contribution in [0.4, 0.5) is 4.79 Å². The summed E-state index contributed by atoms with van der Waals surface area (Å²) in [5, 5.41) is 24.2. The van der Waals surface area contributed by atoms with Crippen LogP contribution in [0, 0.1) is 31.6 Å². The van der Waals surface area contributed by atoms with E-state index < -0.39 is 23.8 Å². The molecule has 6 unspecified atom stereocenters. The third-order valence-corrected chi connectivity index (χ3v) is 11.5. The maximum Gasteiger partial charge on any atom is 0.410 e. The zero-order valence-corrected chi connectivity index (χ0v) is 32.6. The third kappa shape index (κ3) is 8.62. The van der Waals surface area contributed by atoms with E-state index in [1.165, 1.54) is 12.7 Å². The van der Waals surface area contributed by atoms with Crippen LogP contribution in [0.2, 0.25) is 0 Å². The lowest BCUT2D eigenvalue weighted by Gasteiger charge is -2.59. The fourth-order valence-electron chi connectivity index (χ4n) is 8.76. The molecule has 2 N–H and O–H groups in total. The van der Waals surface area contributed by atoms with E-state index in [-0.39, 0.29) is 44.2 Å². The average molecular weight is 753 g/mol. The summed E-state index contributed by atoms with van der Waals surface area (Å²) < 4.78 is 26.5. The number of carbonyl (C=O) groups is 1. The minimum atomic E-state index is -1.35. The van der Waals surface area contributed by atoms with Crippen LogP contribution in [0.3, 0.4) is 0 Å². The molecule has 294 valence electrons. The molecule has 10 nitrogen and oxygen atoms in total. The highest BCUT2D eigenvalue weighted by Crippen LogP contribution is 2.62. The standard InChI is InChI=1S/C45H56N2O8/c1-6-24-53-45-41(47(4)44(50)52-29-32-14-8-7-9-15-32)28-39(46-51-5)37-26-33(16-10-12-22-48)36(17-11-13-23-49)42(43(37)45)38-27-35(20-21-40(38)55-45)54-34-19-18-30(2)31(3)25-34/h6-9,14-15,18-21,25-27,33,36,41-43,48-49H,1,10-13,16-17,22-24,28-29H2,2-5H3. The maximum atomic E-state index is 14.0. The number of likely N-dealkylation sites (N-methyl/N-ethyl adjacent to an activating group) is 1. The van der Waals surface area contributed by atoms with Gasteiger partial charge in [-0.25, -0.2) is 4.79 Å². The summed E-state index contributed by atoms with van der Waals surface area (Å²) in [6.07, 6.45) is 8.56. The molecule has 0 aromatic heterocycles. The van der Waals surface area contributed by atoms with Gasteiger partial charge < -0.3 is 38.9 Å². The van der Waals surface area contributed by atoms with E-state index in [9.17, 15) is 15.0 Å². The Morgan fingerprint density at radius 2 is 1.71 bits per heavy atom. The van der Waals surface area contributed by atoms with E-state index in [0.29, 0.717) is 30.8 Å². The number of aliphatic hydroxyl groups is 2. The van der Waals surface area contributed by atoms with Gasteiger partial charge in [0.1, 0.15) is 37.0 Å². The number of benzene rings is 3. The van der Waals surface area contributed by atoms with Crippen molar-refractivity contribution < 1.29 is 38.8 Å². The molecule has 6 atom stereocenters. The number of hydrogen-bond acceptors (Lipinski definition) is 9. The van der Waals surface area contributed by atoms with Crippen LogP contribution in [0.25, 0.3) is 0 Å². The lowest BCUT2D eigenvalue weighted by molar-refractivity contribution is -0.253. The second-order valence-electron chi connectivity index (χ2n) is 15.0. The van der Waals surface area contributed by atoms with Gasteiger partial charge in [-0.1, -0.05) is 66.5 Å². The van der Waals surface area contributed by atoms with Crippen LogP contribution in [0.1, 0.15) is 73.1 Å². The van der Waals surface area contributed by atoms with Crippen molar-refractivity contribution in [1.29, 1.82) is 0 Å². The summed E-state index contributed by atoms with van der Waals surface area (Å²) >= 11 is 0. The Kier molecular flexibility index (Phi) is 13.3. The van der Waals surface area contributed by atoms with E-state index in [1.54, 1.807) is 18.0 Å². The van der Waals surface area contributed by atoms with Gasteiger partial charge in [-0.2, -0.15) is 0 Å². The van der Waals surface area contributed by atoms with Crippen LogP contribution in [0.15, 0.2) is 96.2 Å². The van der Waals surface area contributed by atoms with E-state index in [4.69, 9.17) is 23.8 Å². The Bertz CT molecular complexity index is 1840. The van der Waals surface area contributed by atoms with Gasteiger partial charge >= 0.3 is 6.09 Å².